The van der Waals surface area contributed by atoms with E-state index in [-0.39, 0.29) is 30.0 Å². The Morgan fingerprint density at radius 2 is 1.54 bits per heavy atom. The molecule has 1 fully saturated rings. The van der Waals surface area contributed by atoms with Crippen LogP contribution < -0.4 is 11.1 Å². The number of hydrogen-bond donors (Lipinski definition) is 2. The van der Waals surface area contributed by atoms with Crippen LogP contribution in [-0.2, 0) is 19.1 Å². The first-order valence-corrected chi connectivity index (χ1v) is 11.8. The number of ketones is 2. The third-order valence-corrected chi connectivity index (χ3v) is 6.38. The van der Waals surface area contributed by atoms with Crippen molar-refractivity contribution in [1.29, 1.82) is 0 Å². The molecule has 3 N–H and O–H groups in total. The highest BCUT2D eigenvalue weighted by Crippen LogP contribution is 2.29. The molecule has 2 unspecified atom stereocenters. The van der Waals surface area contributed by atoms with Crippen molar-refractivity contribution in [3.8, 4) is 0 Å². The Kier molecular flexibility index (Phi) is 9.59. The zero-order valence-corrected chi connectivity index (χ0v) is 21.3. The Labute approximate surface area is 212 Å². The molecule has 12 heteroatoms. The van der Waals surface area contributed by atoms with Crippen LogP contribution in [0.3, 0.4) is 0 Å². The molecule has 2 rings (SSSR count). The number of methoxy groups -OCH3 is 1. The van der Waals surface area contributed by atoms with Crippen LogP contribution in [0, 0.1) is 17.8 Å². The van der Waals surface area contributed by atoms with Crippen LogP contribution in [-0.4, -0.2) is 72.2 Å². The minimum atomic E-state index is -5.16. The molecule has 0 aromatic heterocycles. The number of rotatable bonds is 9. The molecule has 0 aliphatic carbocycles. The third-order valence-electron chi connectivity index (χ3n) is 6.38. The number of alkyl halides is 3. The van der Waals surface area contributed by atoms with E-state index >= 15 is 0 Å². The van der Waals surface area contributed by atoms with Gasteiger partial charge in [-0.3, -0.25) is 19.2 Å². The second-order valence-corrected chi connectivity index (χ2v) is 9.73. The Hall–Kier alpha value is -3.28. The van der Waals surface area contributed by atoms with Crippen LogP contribution in [0.2, 0.25) is 0 Å². The van der Waals surface area contributed by atoms with E-state index in [0.29, 0.717) is 0 Å². The van der Waals surface area contributed by atoms with Crippen LogP contribution >= 0.6 is 0 Å². The van der Waals surface area contributed by atoms with Crippen molar-refractivity contribution >= 4 is 29.4 Å². The zero-order chi connectivity index (χ0) is 28.2. The normalized spacial score (nSPS) is 19.5. The van der Waals surface area contributed by atoms with Gasteiger partial charge in [0.15, 0.2) is 5.78 Å². The first kappa shape index (κ1) is 29.9. The van der Waals surface area contributed by atoms with Gasteiger partial charge in [-0.2, -0.15) is 13.2 Å². The fourth-order valence-corrected chi connectivity index (χ4v) is 4.08. The molecule has 1 aromatic carbocycles. The van der Waals surface area contributed by atoms with E-state index in [4.69, 9.17) is 5.73 Å². The number of nitrogens with two attached hydrogens (primary N) is 1. The summed E-state index contributed by atoms with van der Waals surface area (Å²) in [6, 6.07) is 1.43. The molecule has 1 heterocycles. The first-order valence-electron chi connectivity index (χ1n) is 11.8. The van der Waals surface area contributed by atoms with E-state index in [9.17, 15) is 37.1 Å². The lowest BCUT2D eigenvalue weighted by Crippen LogP contribution is -2.57. The highest BCUT2D eigenvalue weighted by Gasteiger charge is 2.48. The lowest BCUT2D eigenvalue weighted by atomic mass is 9.94. The number of Topliss-reactive ketones (excluding diaryl/α,β-unsaturated/α-hetero) is 2. The van der Waals surface area contributed by atoms with Crippen molar-refractivity contribution in [2.45, 2.75) is 58.4 Å². The topological polar surface area (TPSA) is 136 Å². The van der Waals surface area contributed by atoms with Gasteiger partial charge in [0.05, 0.1) is 24.8 Å². The second kappa shape index (κ2) is 11.8. The molecule has 1 aromatic rings. The monoisotopic (exact) mass is 527 g/mol. The summed E-state index contributed by atoms with van der Waals surface area (Å²) in [6.45, 7) is 5.90. The van der Waals surface area contributed by atoms with Gasteiger partial charge >= 0.3 is 12.1 Å². The molecule has 1 aliphatic rings. The summed E-state index contributed by atoms with van der Waals surface area (Å²) in [6.07, 6.45) is -5.34. The summed E-state index contributed by atoms with van der Waals surface area (Å²) in [5, 5.41) is 2.14. The predicted octanol–water partition coefficient (Wildman–Crippen LogP) is 2.13. The number of ether oxygens (including phenoxy) is 1. The van der Waals surface area contributed by atoms with Gasteiger partial charge in [-0.15, -0.1) is 0 Å². The molecule has 0 radical (unpaired) electrons. The maximum absolute atomic E-state index is 13.2. The standard InChI is InChI=1S/C25H32F3N3O6/c1-12(2)18(29)23(35)31-11-16(20(32)14-6-8-15(9-7-14)24(36)37-5)10-17(31)22(34)30-19(13(3)4)21(33)25(26,27)28/h6-9,12-13,16-19H,10-11,29H2,1-5H3,(H,30,34)/t16?,17-,18-,19?/m0/s1. The minimum absolute atomic E-state index is 0.176. The molecule has 37 heavy (non-hydrogen) atoms. The summed E-state index contributed by atoms with van der Waals surface area (Å²) in [7, 11) is 1.21. The van der Waals surface area contributed by atoms with E-state index in [1.807, 2.05) is 0 Å². The van der Waals surface area contributed by atoms with Crippen LogP contribution in [0.5, 0.6) is 0 Å². The highest BCUT2D eigenvalue weighted by atomic mass is 19.4. The molecule has 0 bridgehead atoms. The molecule has 2 amide bonds. The van der Waals surface area contributed by atoms with E-state index < -0.39 is 65.5 Å². The number of carbonyl (C=O) groups excluding carboxylic acids is 5. The average Bonchev–Trinajstić information content (AvgIpc) is 3.29. The quantitative estimate of drug-likeness (QED) is 0.371. The van der Waals surface area contributed by atoms with Crippen molar-refractivity contribution in [2.24, 2.45) is 23.5 Å². The molecular formula is C25H32F3N3O6. The lowest BCUT2D eigenvalue weighted by molar-refractivity contribution is -0.175. The Bertz CT molecular complexity index is 1040. The number of nitrogens with zero attached hydrogens (tertiary/aromatic N) is 1. The van der Waals surface area contributed by atoms with Crippen LogP contribution in [0.4, 0.5) is 13.2 Å². The van der Waals surface area contributed by atoms with Crippen molar-refractivity contribution in [2.75, 3.05) is 13.7 Å². The van der Waals surface area contributed by atoms with Gasteiger partial charge < -0.3 is 20.7 Å². The van der Waals surface area contributed by atoms with Gasteiger partial charge in [0.1, 0.15) is 6.04 Å². The van der Waals surface area contributed by atoms with Crippen LogP contribution in [0.1, 0.15) is 54.8 Å². The first-order chi connectivity index (χ1) is 17.1. The van der Waals surface area contributed by atoms with Crippen molar-refractivity contribution < 1.29 is 41.9 Å². The van der Waals surface area contributed by atoms with Gasteiger partial charge in [-0.05, 0) is 30.4 Å². The van der Waals surface area contributed by atoms with Crippen molar-refractivity contribution in [3.05, 3.63) is 35.4 Å². The van der Waals surface area contributed by atoms with Gasteiger partial charge in [-0.25, -0.2) is 4.79 Å². The minimum Gasteiger partial charge on any atom is -0.465 e. The summed E-state index contributed by atoms with van der Waals surface area (Å²) in [5.41, 5.74) is 6.43. The lowest BCUT2D eigenvalue weighted by Gasteiger charge is -2.30. The van der Waals surface area contributed by atoms with Crippen molar-refractivity contribution in [3.63, 3.8) is 0 Å². The third kappa shape index (κ3) is 6.94. The van der Waals surface area contributed by atoms with E-state index in [2.05, 4.69) is 10.1 Å². The highest BCUT2D eigenvalue weighted by molar-refractivity contribution is 6.02. The SMILES string of the molecule is COC(=O)c1ccc(C(=O)C2C[C@@H](C(=O)NC(C(=O)C(F)(F)F)C(C)C)N(C(=O)[C@@H](N)C(C)C)C2)cc1. The summed E-state index contributed by atoms with van der Waals surface area (Å²) in [4.78, 5) is 64.0. The smallest absolute Gasteiger partial charge is 0.452 e. The number of nitrogens with one attached hydrogen (secondary N) is 1. The maximum Gasteiger partial charge on any atom is 0.452 e. The molecule has 1 saturated heterocycles. The number of esters is 1. The largest absolute Gasteiger partial charge is 0.465 e. The summed E-state index contributed by atoms with van der Waals surface area (Å²) in [5.74, 6) is -6.78. The van der Waals surface area contributed by atoms with Gasteiger partial charge in [-0.1, -0.05) is 39.8 Å². The van der Waals surface area contributed by atoms with Gasteiger partial charge in [0.2, 0.25) is 11.8 Å². The van der Waals surface area contributed by atoms with Crippen LogP contribution in [0.25, 0.3) is 0 Å². The summed E-state index contributed by atoms with van der Waals surface area (Å²) < 4.78 is 43.9. The zero-order valence-electron chi connectivity index (χ0n) is 21.3. The van der Waals surface area contributed by atoms with E-state index in [1.165, 1.54) is 45.2 Å². The summed E-state index contributed by atoms with van der Waals surface area (Å²) >= 11 is 0. The van der Waals surface area contributed by atoms with Gasteiger partial charge in [0.25, 0.3) is 5.78 Å². The van der Waals surface area contributed by atoms with Crippen LogP contribution in [0.15, 0.2) is 24.3 Å². The number of likely N-dealkylation sites (tertiary alicyclic amines) is 1. The predicted molar refractivity (Wildman–Crippen MR) is 126 cm³/mol. The molecule has 204 valence electrons. The Balaban J connectivity index is 2.34. The maximum atomic E-state index is 13.2. The number of hydrogen-bond acceptors (Lipinski definition) is 7. The van der Waals surface area contributed by atoms with Gasteiger partial charge in [0, 0.05) is 18.0 Å². The molecule has 0 saturated carbocycles. The number of carbonyl (C=O) groups is 5. The number of halogens is 3. The fraction of sp³-hybridized carbons (Fsp3) is 0.560. The fourth-order valence-electron chi connectivity index (χ4n) is 4.08. The number of amides is 2. The molecular weight excluding hydrogens is 495 g/mol. The molecule has 9 nitrogen and oxygen atoms in total. The Morgan fingerprint density at radius 3 is 2.00 bits per heavy atom. The Morgan fingerprint density at radius 1 is 1.00 bits per heavy atom. The van der Waals surface area contributed by atoms with Crippen molar-refractivity contribution in [1.82, 2.24) is 10.2 Å². The number of benzene rings is 1. The molecule has 0 spiro atoms. The van der Waals surface area contributed by atoms with E-state index in [0.717, 1.165) is 4.90 Å². The second-order valence-electron chi connectivity index (χ2n) is 9.73. The average molecular weight is 528 g/mol. The molecule has 1 aliphatic heterocycles. The molecule has 4 atom stereocenters. The van der Waals surface area contributed by atoms with E-state index in [1.54, 1.807) is 13.8 Å².